The fourth-order valence-corrected chi connectivity index (χ4v) is 2.70. The van der Waals surface area contributed by atoms with E-state index in [1.54, 1.807) is 0 Å². The van der Waals surface area contributed by atoms with E-state index in [1.807, 2.05) is 41.8 Å². The summed E-state index contributed by atoms with van der Waals surface area (Å²) in [5.74, 6) is -0.172. The van der Waals surface area contributed by atoms with Crippen LogP contribution in [0.2, 0.25) is 0 Å². The lowest BCUT2D eigenvalue weighted by molar-refractivity contribution is 0.0611. The second kappa shape index (κ2) is 7.19. The number of amides is 1. The maximum atomic E-state index is 12.2. The number of hydrogen-bond acceptors (Lipinski definition) is 4. The second-order valence-corrected chi connectivity index (χ2v) is 5.26. The Morgan fingerprint density at radius 2 is 2.10 bits per heavy atom. The second-order valence-electron chi connectivity index (χ2n) is 4.35. The number of benzene rings is 1. The number of ether oxygens (including phenoxy) is 1. The van der Waals surface area contributed by atoms with E-state index in [0.717, 1.165) is 11.1 Å². The molecule has 1 heterocycles. The molecule has 0 spiro atoms. The van der Waals surface area contributed by atoms with Crippen molar-refractivity contribution in [1.29, 1.82) is 0 Å². The van der Waals surface area contributed by atoms with Gasteiger partial charge in [-0.1, -0.05) is 30.3 Å². The summed E-state index contributed by atoms with van der Waals surface area (Å²) in [4.78, 5) is 12.8. The van der Waals surface area contributed by atoms with Crippen molar-refractivity contribution in [2.24, 2.45) is 0 Å². The lowest BCUT2D eigenvalue weighted by atomic mass is 10.1. The van der Waals surface area contributed by atoms with E-state index in [1.165, 1.54) is 18.4 Å². The molecule has 0 aliphatic heterocycles. The first-order valence-corrected chi connectivity index (χ1v) is 7.18. The zero-order valence-electron chi connectivity index (χ0n) is 11.2. The van der Waals surface area contributed by atoms with E-state index in [-0.39, 0.29) is 19.1 Å². The highest BCUT2D eigenvalue weighted by Gasteiger charge is 2.15. The minimum Gasteiger partial charge on any atom is -0.389 e. The third-order valence-corrected chi connectivity index (χ3v) is 3.73. The minimum absolute atomic E-state index is 0.172. The summed E-state index contributed by atoms with van der Waals surface area (Å²) in [7, 11) is 1.51. The third-order valence-electron chi connectivity index (χ3n) is 2.81. The topological polar surface area (TPSA) is 58.6 Å². The summed E-state index contributed by atoms with van der Waals surface area (Å²) in [5.41, 5.74) is 1.92. The molecule has 1 aromatic heterocycles. The number of hydrogen-bond donors (Lipinski definition) is 2. The van der Waals surface area contributed by atoms with Crippen molar-refractivity contribution in [3.05, 3.63) is 46.7 Å². The molecule has 0 fully saturated rings. The van der Waals surface area contributed by atoms with E-state index in [2.05, 4.69) is 5.32 Å². The Morgan fingerprint density at radius 1 is 1.35 bits per heavy atom. The molecule has 5 heteroatoms. The molecular formula is C15H17NO3S. The van der Waals surface area contributed by atoms with Gasteiger partial charge in [0.15, 0.2) is 0 Å². The van der Waals surface area contributed by atoms with Crippen LogP contribution in [-0.4, -0.2) is 37.4 Å². The average Bonchev–Trinajstić information content (AvgIpc) is 2.95. The van der Waals surface area contributed by atoms with Crippen LogP contribution < -0.4 is 5.32 Å². The molecular weight excluding hydrogens is 274 g/mol. The molecule has 0 aliphatic rings. The summed E-state index contributed by atoms with van der Waals surface area (Å²) < 4.78 is 4.82. The molecule has 106 valence electrons. The Kier molecular flexibility index (Phi) is 5.29. The highest BCUT2D eigenvalue weighted by atomic mass is 32.1. The van der Waals surface area contributed by atoms with Gasteiger partial charge in [0.25, 0.3) is 5.91 Å². The minimum atomic E-state index is -0.691. The quantitative estimate of drug-likeness (QED) is 0.857. The molecule has 1 unspecified atom stereocenters. The van der Waals surface area contributed by atoms with Crippen molar-refractivity contribution >= 4 is 17.2 Å². The van der Waals surface area contributed by atoms with Crippen LogP contribution in [0.25, 0.3) is 11.1 Å². The van der Waals surface area contributed by atoms with Crippen molar-refractivity contribution in [3.63, 3.8) is 0 Å². The van der Waals surface area contributed by atoms with Crippen molar-refractivity contribution in [1.82, 2.24) is 5.32 Å². The van der Waals surface area contributed by atoms with Gasteiger partial charge in [-0.3, -0.25) is 4.79 Å². The molecule has 4 nitrogen and oxygen atoms in total. The zero-order valence-corrected chi connectivity index (χ0v) is 12.0. The van der Waals surface area contributed by atoms with Gasteiger partial charge < -0.3 is 15.2 Å². The molecule has 2 N–H and O–H groups in total. The largest absolute Gasteiger partial charge is 0.389 e. The first-order valence-electron chi connectivity index (χ1n) is 6.30. The van der Waals surface area contributed by atoms with Crippen LogP contribution in [0, 0.1) is 0 Å². The molecule has 2 rings (SSSR count). The number of rotatable bonds is 6. The number of nitrogens with one attached hydrogen (secondary N) is 1. The lowest BCUT2D eigenvalue weighted by Crippen LogP contribution is -2.34. The van der Waals surface area contributed by atoms with E-state index in [4.69, 9.17) is 4.74 Å². The number of carbonyl (C=O) groups is 1. The fraction of sp³-hybridized carbons (Fsp3) is 0.267. The predicted octanol–water partition coefficient (Wildman–Crippen LogP) is 2.15. The van der Waals surface area contributed by atoms with Crippen LogP contribution in [0.15, 0.2) is 41.8 Å². The van der Waals surface area contributed by atoms with Gasteiger partial charge in [-0.05, 0) is 17.0 Å². The van der Waals surface area contributed by atoms with Crippen LogP contribution in [0.1, 0.15) is 9.67 Å². The summed E-state index contributed by atoms with van der Waals surface area (Å²) in [6, 6.07) is 11.7. The number of aliphatic hydroxyl groups excluding tert-OH is 1. The molecule has 20 heavy (non-hydrogen) atoms. The van der Waals surface area contributed by atoms with Crippen molar-refractivity contribution in [2.75, 3.05) is 20.3 Å². The molecule has 0 bridgehead atoms. The number of methoxy groups -OCH3 is 1. The molecule has 0 radical (unpaired) electrons. The molecule has 1 aromatic carbocycles. The maximum Gasteiger partial charge on any atom is 0.262 e. The molecule has 1 amide bonds. The summed E-state index contributed by atoms with van der Waals surface area (Å²) in [6.45, 7) is 0.384. The maximum absolute atomic E-state index is 12.2. The Morgan fingerprint density at radius 3 is 2.80 bits per heavy atom. The molecule has 0 saturated heterocycles. The van der Waals surface area contributed by atoms with Crippen LogP contribution >= 0.6 is 11.3 Å². The highest BCUT2D eigenvalue weighted by Crippen LogP contribution is 2.27. The number of carbonyl (C=O) groups excluding carboxylic acids is 1. The monoisotopic (exact) mass is 291 g/mol. The van der Waals surface area contributed by atoms with Gasteiger partial charge in [0.1, 0.15) is 0 Å². The van der Waals surface area contributed by atoms with Crippen molar-refractivity contribution < 1.29 is 14.6 Å². The Hall–Kier alpha value is -1.69. The number of thiophene rings is 1. The molecule has 1 atom stereocenters. The summed E-state index contributed by atoms with van der Waals surface area (Å²) >= 11 is 1.39. The van der Waals surface area contributed by atoms with Crippen molar-refractivity contribution in [3.8, 4) is 11.1 Å². The third kappa shape index (κ3) is 3.66. The smallest absolute Gasteiger partial charge is 0.262 e. The van der Waals surface area contributed by atoms with Gasteiger partial charge >= 0.3 is 0 Å². The summed E-state index contributed by atoms with van der Waals surface area (Å²) in [5, 5.41) is 14.2. The Labute approximate surface area is 122 Å². The predicted molar refractivity (Wildman–Crippen MR) is 80.0 cm³/mol. The number of aliphatic hydroxyl groups is 1. The first-order chi connectivity index (χ1) is 9.72. The fourth-order valence-electron chi connectivity index (χ4n) is 1.87. The van der Waals surface area contributed by atoms with Crippen LogP contribution in [-0.2, 0) is 4.74 Å². The van der Waals surface area contributed by atoms with Gasteiger partial charge in [-0.15, -0.1) is 11.3 Å². The van der Waals surface area contributed by atoms with Crippen LogP contribution in [0.3, 0.4) is 0 Å². The van der Waals surface area contributed by atoms with Gasteiger partial charge in [0.2, 0.25) is 0 Å². The Bertz CT molecular complexity index is 553. The zero-order chi connectivity index (χ0) is 14.4. The SMILES string of the molecule is COCC(O)CNC(=O)c1sccc1-c1ccccc1. The van der Waals surface area contributed by atoms with Crippen molar-refractivity contribution in [2.45, 2.75) is 6.10 Å². The normalized spacial score (nSPS) is 12.1. The molecule has 2 aromatic rings. The lowest BCUT2D eigenvalue weighted by Gasteiger charge is -2.11. The van der Waals surface area contributed by atoms with Gasteiger partial charge in [-0.25, -0.2) is 0 Å². The van der Waals surface area contributed by atoms with Crippen LogP contribution in [0.4, 0.5) is 0 Å². The van der Waals surface area contributed by atoms with E-state index >= 15 is 0 Å². The summed E-state index contributed by atoms with van der Waals surface area (Å²) in [6.07, 6.45) is -0.691. The standard InChI is InChI=1S/C15H17NO3S/c1-19-10-12(17)9-16-15(18)14-13(7-8-20-14)11-5-3-2-4-6-11/h2-8,12,17H,9-10H2,1H3,(H,16,18). The molecule has 0 saturated carbocycles. The Balaban J connectivity index is 2.07. The van der Waals surface area contributed by atoms with E-state index in [9.17, 15) is 9.90 Å². The average molecular weight is 291 g/mol. The highest BCUT2D eigenvalue weighted by molar-refractivity contribution is 7.12. The first kappa shape index (κ1) is 14.7. The van der Waals surface area contributed by atoms with Gasteiger partial charge in [0.05, 0.1) is 17.6 Å². The van der Waals surface area contributed by atoms with Gasteiger partial charge in [-0.2, -0.15) is 0 Å². The van der Waals surface area contributed by atoms with Gasteiger partial charge in [0, 0.05) is 19.2 Å². The van der Waals surface area contributed by atoms with Crippen LogP contribution in [0.5, 0.6) is 0 Å². The van der Waals surface area contributed by atoms with E-state index < -0.39 is 6.10 Å². The van der Waals surface area contributed by atoms with E-state index in [0.29, 0.717) is 4.88 Å². The molecule has 0 aliphatic carbocycles.